The first-order valence-electron chi connectivity index (χ1n) is 8.41. The highest BCUT2D eigenvalue weighted by atomic mass is 35.5. The number of carbonyl (C=O) groups is 1. The molecule has 0 atom stereocenters. The summed E-state index contributed by atoms with van der Waals surface area (Å²) < 4.78 is 0. The molecule has 4 bridgehead atoms. The minimum Gasteiger partial charge on any atom is -0.357 e. The lowest BCUT2D eigenvalue weighted by Gasteiger charge is -2.57. The van der Waals surface area contributed by atoms with E-state index in [1.54, 1.807) is 18.2 Å². The van der Waals surface area contributed by atoms with E-state index in [0.29, 0.717) is 15.7 Å². The van der Waals surface area contributed by atoms with Crippen LogP contribution < -0.4 is 10.6 Å². The second-order valence-corrected chi connectivity index (χ2v) is 8.40. The lowest BCUT2D eigenvalue weighted by molar-refractivity contribution is -0.0101. The Morgan fingerprint density at radius 3 is 2.22 bits per heavy atom. The Hall–Kier alpha value is -1.13. The summed E-state index contributed by atoms with van der Waals surface area (Å²) in [4.78, 5) is 12.3. The monoisotopic (exact) mass is 348 g/mol. The maximum absolute atomic E-state index is 12.3. The summed E-state index contributed by atoms with van der Waals surface area (Å²) in [5.41, 5.74) is 0.573. The maximum Gasteiger partial charge on any atom is 0.258 e. The Kier molecular flexibility index (Phi) is 3.85. The molecule has 0 radical (unpaired) electrons. The van der Waals surface area contributed by atoms with E-state index < -0.39 is 0 Å². The Morgan fingerprint density at radius 1 is 1.09 bits per heavy atom. The van der Waals surface area contributed by atoms with E-state index in [-0.39, 0.29) is 11.4 Å². The highest BCUT2D eigenvalue weighted by molar-refractivity contribution is 7.80. The predicted molar refractivity (Wildman–Crippen MR) is 95.6 cm³/mol. The van der Waals surface area contributed by atoms with Crippen molar-refractivity contribution in [1.82, 2.24) is 10.6 Å². The summed E-state index contributed by atoms with van der Waals surface area (Å²) in [6.45, 7) is 0. The second kappa shape index (κ2) is 5.75. The molecule has 0 aliphatic heterocycles. The zero-order chi connectivity index (χ0) is 16.0. The molecule has 2 N–H and O–H groups in total. The third-order valence-electron chi connectivity index (χ3n) is 5.76. The highest BCUT2D eigenvalue weighted by Gasteiger charge is 2.51. The Bertz CT molecular complexity index is 625. The van der Waals surface area contributed by atoms with E-state index in [0.717, 1.165) is 17.8 Å². The van der Waals surface area contributed by atoms with Gasteiger partial charge >= 0.3 is 0 Å². The molecule has 1 aromatic carbocycles. The summed E-state index contributed by atoms with van der Waals surface area (Å²) in [6.07, 6.45) is 7.75. The van der Waals surface area contributed by atoms with Crippen LogP contribution in [-0.4, -0.2) is 16.6 Å². The van der Waals surface area contributed by atoms with Gasteiger partial charge in [0.25, 0.3) is 5.91 Å². The van der Waals surface area contributed by atoms with Crippen molar-refractivity contribution in [3.8, 4) is 0 Å². The van der Waals surface area contributed by atoms with Crippen LogP contribution in [0, 0.1) is 17.8 Å². The molecule has 4 fully saturated rings. The first kappa shape index (κ1) is 15.4. The average Bonchev–Trinajstić information content (AvgIpc) is 2.45. The van der Waals surface area contributed by atoms with Gasteiger partial charge in [-0.2, -0.15) is 0 Å². The van der Waals surface area contributed by atoms with Crippen molar-refractivity contribution < 1.29 is 4.79 Å². The van der Waals surface area contributed by atoms with Gasteiger partial charge in [0.15, 0.2) is 5.11 Å². The van der Waals surface area contributed by atoms with Gasteiger partial charge < -0.3 is 5.32 Å². The van der Waals surface area contributed by atoms with E-state index in [1.165, 1.54) is 38.5 Å². The molecular formula is C18H21ClN2OS. The molecule has 122 valence electrons. The number of amides is 1. The van der Waals surface area contributed by atoms with Crippen molar-refractivity contribution in [3.05, 3.63) is 34.9 Å². The number of hydrogen-bond acceptors (Lipinski definition) is 2. The van der Waals surface area contributed by atoms with Crippen molar-refractivity contribution >= 4 is 34.8 Å². The van der Waals surface area contributed by atoms with Crippen LogP contribution in [0.1, 0.15) is 48.9 Å². The van der Waals surface area contributed by atoms with Crippen molar-refractivity contribution in [2.24, 2.45) is 17.8 Å². The number of nitrogens with one attached hydrogen (secondary N) is 2. The normalized spacial score (nSPS) is 34.2. The zero-order valence-corrected chi connectivity index (χ0v) is 14.6. The van der Waals surface area contributed by atoms with Gasteiger partial charge in [-0.15, -0.1) is 0 Å². The van der Waals surface area contributed by atoms with E-state index >= 15 is 0 Å². The van der Waals surface area contributed by atoms with Gasteiger partial charge in [-0.3, -0.25) is 10.1 Å². The Balaban J connectivity index is 1.43. The van der Waals surface area contributed by atoms with Crippen LogP contribution in [0.4, 0.5) is 0 Å². The number of halogens is 1. The first-order chi connectivity index (χ1) is 11.0. The SMILES string of the molecule is O=C(NC(=S)NC12CC3CC(CC(C3)C1)C2)c1ccccc1Cl. The van der Waals surface area contributed by atoms with Crippen molar-refractivity contribution in [3.63, 3.8) is 0 Å². The van der Waals surface area contributed by atoms with Gasteiger partial charge in [-0.05, 0) is 80.6 Å². The standard InChI is InChI=1S/C18H21ClN2OS/c19-15-4-2-1-3-14(15)16(22)20-17(23)21-18-8-11-5-12(9-18)7-13(6-11)10-18/h1-4,11-13H,5-10H2,(H2,20,21,22,23). The van der Waals surface area contributed by atoms with Crippen LogP contribution in [0.25, 0.3) is 0 Å². The minimum atomic E-state index is -0.238. The molecule has 23 heavy (non-hydrogen) atoms. The first-order valence-corrected chi connectivity index (χ1v) is 9.20. The average molecular weight is 349 g/mol. The zero-order valence-electron chi connectivity index (χ0n) is 13.0. The second-order valence-electron chi connectivity index (χ2n) is 7.59. The van der Waals surface area contributed by atoms with Gasteiger partial charge in [0.05, 0.1) is 10.6 Å². The van der Waals surface area contributed by atoms with E-state index in [9.17, 15) is 4.79 Å². The molecule has 4 saturated carbocycles. The predicted octanol–water partition coefficient (Wildman–Crippen LogP) is 3.91. The van der Waals surface area contributed by atoms with Crippen molar-refractivity contribution in [1.29, 1.82) is 0 Å². The lowest BCUT2D eigenvalue weighted by atomic mass is 9.53. The number of thiocarbonyl (C=S) groups is 1. The molecule has 3 nitrogen and oxygen atoms in total. The topological polar surface area (TPSA) is 41.1 Å². The molecule has 0 unspecified atom stereocenters. The smallest absolute Gasteiger partial charge is 0.258 e. The van der Waals surface area contributed by atoms with Gasteiger partial charge in [0.1, 0.15) is 0 Å². The molecule has 5 heteroatoms. The van der Waals surface area contributed by atoms with Gasteiger partial charge in [0.2, 0.25) is 0 Å². The number of hydrogen-bond donors (Lipinski definition) is 2. The number of benzene rings is 1. The van der Waals surface area contributed by atoms with E-state index in [1.807, 2.05) is 6.07 Å². The molecule has 0 aromatic heterocycles. The molecule has 0 heterocycles. The molecule has 1 amide bonds. The van der Waals surface area contributed by atoms with Crippen LogP contribution in [-0.2, 0) is 0 Å². The molecule has 4 aliphatic rings. The summed E-state index contributed by atoms with van der Waals surface area (Å²) in [5, 5.41) is 7.20. The quantitative estimate of drug-likeness (QED) is 0.796. The molecule has 1 aromatic rings. The van der Waals surface area contributed by atoms with Crippen LogP contribution in [0.5, 0.6) is 0 Å². The van der Waals surface area contributed by atoms with Gasteiger partial charge in [-0.25, -0.2) is 0 Å². The van der Waals surface area contributed by atoms with Crippen LogP contribution in [0.15, 0.2) is 24.3 Å². The van der Waals surface area contributed by atoms with Crippen LogP contribution in [0.3, 0.4) is 0 Å². The lowest BCUT2D eigenvalue weighted by Crippen LogP contribution is -2.61. The minimum absolute atomic E-state index is 0.111. The Morgan fingerprint density at radius 2 is 1.65 bits per heavy atom. The highest BCUT2D eigenvalue weighted by Crippen LogP contribution is 2.55. The summed E-state index contributed by atoms with van der Waals surface area (Å²) >= 11 is 11.5. The number of rotatable bonds is 2. The summed E-state index contributed by atoms with van der Waals surface area (Å²) in [6, 6.07) is 7.04. The van der Waals surface area contributed by atoms with E-state index in [4.69, 9.17) is 23.8 Å². The van der Waals surface area contributed by atoms with E-state index in [2.05, 4.69) is 10.6 Å². The fourth-order valence-corrected chi connectivity index (χ4v) is 5.88. The molecule has 5 rings (SSSR count). The molecule has 0 saturated heterocycles. The third kappa shape index (κ3) is 2.99. The molecule has 4 aliphatic carbocycles. The third-order valence-corrected chi connectivity index (χ3v) is 6.30. The van der Waals surface area contributed by atoms with Gasteiger partial charge in [-0.1, -0.05) is 23.7 Å². The maximum atomic E-state index is 12.3. The van der Waals surface area contributed by atoms with Gasteiger partial charge in [0, 0.05) is 5.54 Å². The number of carbonyl (C=O) groups excluding carboxylic acids is 1. The molecule has 0 spiro atoms. The largest absolute Gasteiger partial charge is 0.357 e. The fourth-order valence-electron chi connectivity index (χ4n) is 5.35. The summed E-state index contributed by atoms with van der Waals surface area (Å²) in [5.74, 6) is 2.29. The Labute approximate surface area is 147 Å². The van der Waals surface area contributed by atoms with Crippen LogP contribution >= 0.6 is 23.8 Å². The van der Waals surface area contributed by atoms with Crippen LogP contribution in [0.2, 0.25) is 5.02 Å². The van der Waals surface area contributed by atoms with Crippen molar-refractivity contribution in [2.45, 2.75) is 44.1 Å². The van der Waals surface area contributed by atoms with Crippen molar-refractivity contribution in [2.75, 3.05) is 0 Å². The fraction of sp³-hybridized carbons (Fsp3) is 0.556. The summed E-state index contributed by atoms with van der Waals surface area (Å²) in [7, 11) is 0. The molecular weight excluding hydrogens is 328 g/mol.